The van der Waals surface area contributed by atoms with Gasteiger partial charge in [-0.25, -0.2) is 4.98 Å². The summed E-state index contributed by atoms with van der Waals surface area (Å²) in [4.78, 5) is 17.7. The fraction of sp³-hybridized carbons (Fsp3) is 0.364. The van der Waals surface area contributed by atoms with Gasteiger partial charge in [0.25, 0.3) is 5.56 Å². The van der Waals surface area contributed by atoms with Crippen molar-refractivity contribution in [2.45, 2.75) is 52.5 Å². The van der Waals surface area contributed by atoms with Crippen LogP contribution in [0.25, 0.3) is 10.9 Å². The summed E-state index contributed by atoms with van der Waals surface area (Å²) in [5, 5.41) is 10.2. The maximum Gasteiger partial charge on any atom is 0.261 e. The molecule has 1 N–H and O–H groups in total. The van der Waals surface area contributed by atoms with E-state index in [0.717, 1.165) is 11.4 Å². The molecule has 0 spiro atoms. The molecule has 136 valence electrons. The van der Waals surface area contributed by atoms with Gasteiger partial charge in [0.2, 0.25) is 0 Å². The summed E-state index contributed by atoms with van der Waals surface area (Å²) >= 11 is 0. The summed E-state index contributed by atoms with van der Waals surface area (Å²) < 4.78 is 1.75. The van der Waals surface area contributed by atoms with Crippen molar-refractivity contribution >= 4 is 10.9 Å². The van der Waals surface area contributed by atoms with Crippen LogP contribution >= 0.6 is 0 Å². The van der Waals surface area contributed by atoms with E-state index in [-0.39, 0.29) is 22.6 Å². The van der Waals surface area contributed by atoms with Crippen LogP contribution in [0.15, 0.2) is 47.3 Å². The molecule has 0 saturated heterocycles. The molecule has 1 heterocycles. The Labute approximate surface area is 154 Å². The lowest BCUT2D eigenvalue weighted by Gasteiger charge is -2.20. The number of nitrogens with zero attached hydrogens (tertiary/aromatic N) is 2. The molecule has 2 aromatic carbocycles. The van der Waals surface area contributed by atoms with E-state index >= 15 is 0 Å². The highest BCUT2D eigenvalue weighted by atomic mass is 16.3. The van der Waals surface area contributed by atoms with Crippen LogP contribution in [0, 0.1) is 0 Å². The molecule has 0 aliphatic heterocycles. The van der Waals surface area contributed by atoms with Crippen molar-refractivity contribution in [3.05, 3.63) is 69.8 Å². The van der Waals surface area contributed by atoms with Gasteiger partial charge in [-0.3, -0.25) is 9.36 Å². The maximum atomic E-state index is 13.0. The fourth-order valence-corrected chi connectivity index (χ4v) is 3.11. The molecule has 0 amide bonds. The monoisotopic (exact) mass is 350 g/mol. The number of hydrogen-bond acceptors (Lipinski definition) is 3. The molecular formula is C22H26N2O2. The van der Waals surface area contributed by atoms with Crippen molar-refractivity contribution in [3.8, 4) is 5.75 Å². The number of aromatic nitrogens is 2. The average molecular weight is 350 g/mol. The van der Waals surface area contributed by atoms with E-state index in [4.69, 9.17) is 0 Å². The summed E-state index contributed by atoms with van der Waals surface area (Å²) in [5.74, 6) is 0.950. The van der Waals surface area contributed by atoms with Crippen LogP contribution in [-0.2, 0) is 12.0 Å². The third-order valence-electron chi connectivity index (χ3n) is 4.65. The van der Waals surface area contributed by atoms with Gasteiger partial charge < -0.3 is 5.11 Å². The van der Waals surface area contributed by atoms with Gasteiger partial charge in [-0.2, -0.15) is 0 Å². The molecule has 1 aromatic heterocycles. The normalized spacial score (nSPS) is 12.1. The number of phenolic OH excluding ortho intramolecular Hbond substituents is 1. The zero-order chi connectivity index (χ0) is 19.1. The highest BCUT2D eigenvalue weighted by Gasteiger charge is 2.16. The lowest BCUT2D eigenvalue weighted by atomic mass is 9.87. The summed E-state index contributed by atoms with van der Waals surface area (Å²) in [6.07, 6.45) is 0. The van der Waals surface area contributed by atoms with Crippen molar-refractivity contribution in [1.29, 1.82) is 0 Å². The molecule has 4 heteroatoms. The first-order valence-corrected chi connectivity index (χ1v) is 8.99. The van der Waals surface area contributed by atoms with Crippen LogP contribution < -0.4 is 5.56 Å². The molecule has 4 nitrogen and oxygen atoms in total. The Bertz CT molecular complexity index is 994. The second-order valence-electron chi connectivity index (χ2n) is 8.16. The summed E-state index contributed by atoms with van der Waals surface area (Å²) in [7, 11) is 0. The highest BCUT2D eigenvalue weighted by molar-refractivity contribution is 5.79. The van der Waals surface area contributed by atoms with Gasteiger partial charge in [0, 0.05) is 12.0 Å². The van der Waals surface area contributed by atoms with Crippen LogP contribution in [0.3, 0.4) is 0 Å². The second-order valence-corrected chi connectivity index (χ2v) is 8.16. The van der Waals surface area contributed by atoms with Gasteiger partial charge >= 0.3 is 0 Å². The Morgan fingerprint density at radius 2 is 1.73 bits per heavy atom. The van der Waals surface area contributed by atoms with E-state index in [9.17, 15) is 9.90 Å². The van der Waals surface area contributed by atoms with E-state index in [1.165, 1.54) is 11.6 Å². The number of benzene rings is 2. The van der Waals surface area contributed by atoms with Crippen LogP contribution in [0.4, 0.5) is 0 Å². The topological polar surface area (TPSA) is 55.1 Å². The zero-order valence-corrected chi connectivity index (χ0v) is 16.1. The van der Waals surface area contributed by atoms with Crippen LogP contribution in [0.1, 0.15) is 57.5 Å². The molecule has 26 heavy (non-hydrogen) atoms. The minimum absolute atomic E-state index is 0.0707. The van der Waals surface area contributed by atoms with E-state index in [1.54, 1.807) is 16.7 Å². The smallest absolute Gasteiger partial charge is 0.261 e. The third-order valence-corrected chi connectivity index (χ3v) is 4.65. The number of phenols is 1. The molecule has 0 radical (unpaired) electrons. The van der Waals surface area contributed by atoms with Crippen molar-refractivity contribution in [2.75, 3.05) is 0 Å². The number of aromatic hydroxyl groups is 1. The first-order valence-electron chi connectivity index (χ1n) is 8.99. The van der Waals surface area contributed by atoms with Gasteiger partial charge in [-0.15, -0.1) is 0 Å². The molecule has 0 atom stereocenters. The Morgan fingerprint density at radius 1 is 1.08 bits per heavy atom. The quantitative estimate of drug-likeness (QED) is 0.753. The standard InChI is InChI=1S/C22H26N2O2/c1-14(2)20-23-19-12-17(25)10-11-18(19)21(26)24(20)13-15-6-8-16(9-7-15)22(3,4)5/h6-12,14,25H,13H2,1-5H3. The van der Waals surface area contributed by atoms with E-state index in [1.807, 2.05) is 13.8 Å². The van der Waals surface area contributed by atoms with E-state index < -0.39 is 0 Å². The molecule has 0 unspecified atom stereocenters. The predicted molar refractivity (Wildman–Crippen MR) is 106 cm³/mol. The first kappa shape index (κ1) is 18.2. The van der Waals surface area contributed by atoms with Gasteiger partial charge in [-0.1, -0.05) is 58.9 Å². The van der Waals surface area contributed by atoms with E-state index in [2.05, 4.69) is 50.0 Å². The maximum absolute atomic E-state index is 13.0. The van der Waals surface area contributed by atoms with Gasteiger partial charge in [0.15, 0.2) is 0 Å². The van der Waals surface area contributed by atoms with Crippen molar-refractivity contribution in [1.82, 2.24) is 9.55 Å². The van der Waals surface area contributed by atoms with Crippen molar-refractivity contribution < 1.29 is 5.11 Å². The number of fused-ring (bicyclic) bond motifs is 1. The van der Waals surface area contributed by atoms with Crippen molar-refractivity contribution in [3.63, 3.8) is 0 Å². The Kier molecular flexibility index (Phi) is 4.61. The minimum Gasteiger partial charge on any atom is -0.508 e. The summed E-state index contributed by atoms with van der Waals surface area (Å²) in [6.45, 7) is 11.1. The molecule has 0 aliphatic rings. The second kappa shape index (κ2) is 6.60. The molecule has 0 saturated carbocycles. The Balaban J connectivity index is 2.09. The zero-order valence-electron chi connectivity index (χ0n) is 16.1. The molecule has 0 aliphatic carbocycles. The lowest BCUT2D eigenvalue weighted by Crippen LogP contribution is -2.26. The van der Waals surface area contributed by atoms with Gasteiger partial charge in [-0.05, 0) is 28.7 Å². The lowest BCUT2D eigenvalue weighted by molar-refractivity contribution is 0.476. The highest BCUT2D eigenvalue weighted by Crippen LogP contribution is 2.23. The molecular weight excluding hydrogens is 324 g/mol. The first-order chi connectivity index (χ1) is 12.2. The number of hydrogen-bond donors (Lipinski definition) is 1. The third kappa shape index (κ3) is 3.50. The molecule has 0 bridgehead atoms. The molecule has 3 aromatic rings. The Morgan fingerprint density at radius 3 is 2.31 bits per heavy atom. The largest absolute Gasteiger partial charge is 0.508 e. The van der Waals surface area contributed by atoms with Crippen LogP contribution in [-0.4, -0.2) is 14.7 Å². The SMILES string of the molecule is CC(C)c1nc2cc(O)ccc2c(=O)n1Cc1ccc(C(C)(C)C)cc1. The fourth-order valence-electron chi connectivity index (χ4n) is 3.11. The minimum atomic E-state index is -0.0707. The molecule has 0 fully saturated rings. The summed E-state index contributed by atoms with van der Waals surface area (Å²) in [6, 6.07) is 13.1. The van der Waals surface area contributed by atoms with Crippen molar-refractivity contribution in [2.24, 2.45) is 0 Å². The van der Waals surface area contributed by atoms with Gasteiger partial charge in [0.1, 0.15) is 11.6 Å². The van der Waals surface area contributed by atoms with Gasteiger partial charge in [0.05, 0.1) is 17.4 Å². The summed E-state index contributed by atoms with van der Waals surface area (Å²) in [5.41, 5.74) is 2.91. The predicted octanol–water partition coefficient (Wildman–Crippen LogP) is 4.57. The van der Waals surface area contributed by atoms with Crippen LogP contribution in [0.5, 0.6) is 5.75 Å². The number of rotatable bonds is 3. The Hall–Kier alpha value is -2.62. The van der Waals surface area contributed by atoms with E-state index in [0.29, 0.717) is 17.4 Å². The average Bonchev–Trinajstić information content (AvgIpc) is 2.56. The van der Waals surface area contributed by atoms with Crippen LogP contribution in [0.2, 0.25) is 0 Å². The molecule has 3 rings (SSSR count).